The van der Waals surface area contributed by atoms with Crippen molar-refractivity contribution in [2.75, 3.05) is 26.0 Å². The van der Waals surface area contributed by atoms with Gasteiger partial charge in [-0.1, -0.05) is 25.1 Å². The van der Waals surface area contributed by atoms with Crippen LogP contribution < -0.4 is 19.9 Å². The number of methoxy groups -OCH3 is 1. The summed E-state index contributed by atoms with van der Waals surface area (Å²) < 4.78 is 37.1. The largest absolute Gasteiger partial charge is 0.497 e. The average Bonchev–Trinajstić information content (AvgIpc) is 2.74. The molecule has 3 rings (SSSR count). The van der Waals surface area contributed by atoms with Gasteiger partial charge in [0.25, 0.3) is 0 Å². The molecule has 0 heterocycles. The highest BCUT2D eigenvalue weighted by atomic mass is 32.2. The fourth-order valence-electron chi connectivity index (χ4n) is 3.97. The molecule has 30 heavy (non-hydrogen) atoms. The predicted molar refractivity (Wildman–Crippen MR) is 120 cm³/mol. The topological polar surface area (TPSA) is 90.7 Å². The highest BCUT2D eigenvalue weighted by Gasteiger charge is 2.27. The van der Waals surface area contributed by atoms with Gasteiger partial charge in [-0.3, -0.25) is 0 Å². The van der Waals surface area contributed by atoms with Gasteiger partial charge in [0.2, 0.25) is 10.0 Å². The molecular formula is C23H32N2O4S. The molecule has 0 saturated heterocycles. The van der Waals surface area contributed by atoms with Gasteiger partial charge in [-0.25, -0.2) is 13.1 Å². The number of benzene rings is 2. The predicted octanol–water partition coefficient (Wildman–Crippen LogP) is 3.00. The molecule has 0 aromatic heterocycles. The van der Waals surface area contributed by atoms with Crippen LogP contribution in [0, 0.1) is 0 Å². The van der Waals surface area contributed by atoms with E-state index in [9.17, 15) is 8.42 Å². The lowest BCUT2D eigenvalue weighted by Crippen LogP contribution is -2.34. The zero-order chi connectivity index (χ0) is 21.6. The summed E-state index contributed by atoms with van der Waals surface area (Å²) in [4.78, 5) is 0. The van der Waals surface area contributed by atoms with Crippen LogP contribution in [0.5, 0.6) is 11.5 Å². The third-order valence-electron chi connectivity index (χ3n) is 5.56. The Morgan fingerprint density at radius 2 is 1.87 bits per heavy atom. The van der Waals surface area contributed by atoms with Crippen molar-refractivity contribution < 1.29 is 17.9 Å². The van der Waals surface area contributed by atoms with Gasteiger partial charge >= 0.3 is 0 Å². The molecule has 0 amide bonds. The minimum absolute atomic E-state index is 0.0932. The molecule has 2 aromatic carbocycles. The summed E-state index contributed by atoms with van der Waals surface area (Å²) in [7, 11) is -1.55. The summed E-state index contributed by atoms with van der Waals surface area (Å²) in [6, 6.07) is 14.4. The van der Waals surface area contributed by atoms with E-state index in [0.717, 1.165) is 30.8 Å². The molecule has 1 aliphatic carbocycles. The zero-order valence-corrected chi connectivity index (χ0v) is 18.6. The highest BCUT2D eigenvalue weighted by molar-refractivity contribution is 7.89. The molecule has 0 spiro atoms. The van der Waals surface area contributed by atoms with Crippen molar-refractivity contribution in [2.24, 2.45) is 5.73 Å². The van der Waals surface area contributed by atoms with Gasteiger partial charge in [0.1, 0.15) is 18.1 Å². The Morgan fingerprint density at radius 3 is 2.57 bits per heavy atom. The second-order valence-corrected chi connectivity index (χ2v) is 9.71. The van der Waals surface area contributed by atoms with E-state index in [2.05, 4.69) is 29.0 Å². The fourth-order valence-corrected chi connectivity index (χ4v) is 5.05. The standard InChI is InChI=1S/C23H32N2O4S/c1-3-14-30(26,27)25-12-13-29-20-10-6-18-7-11-23(24)22(21(18)16-20)15-17-4-8-19(28-2)9-5-17/h4-6,8-10,16,22-23,25H,3,7,11-15,24H2,1-2H3. The maximum Gasteiger partial charge on any atom is 0.211 e. The highest BCUT2D eigenvalue weighted by Crippen LogP contribution is 2.36. The maximum atomic E-state index is 11.7. The molecule has 0 bridgehead atoms. The minimum atomic E-state index is -3.21. The van der Waals surface area contributed by atoms with Crippen molar-refractivity contribution in [3.05, 3.63) is 59.2 Å². The molecule has 0 radical (unpaired) electrons. The van der Waals surface area contributed by atoms with E-state index >= 15 is 0 Å². The summed E-state index contributed by atoms with van der Waals surface area (Å²) in [5.74, 6) is 1.94. The average molecular weight is 433 g/mol. The number of aryl methyl sites for hydroxylation is 1. The molecule has 7 heteroatoms. The molecule has 0 saturated carbocycles. The molecule has 164 valence electrons. The first kappa shape index (κ1) is 22.6. The van der Waals surface area contributed by atoms with Crippen molar-refractivity contribution in [3.63, 3.8) is 0 Å². The van der Waals surface area contributed by atoms with Crippen LogP contribution in [0.3, 0.4) is 0 Å². The molecule has 1 aliphatic rings. The Morgan fingerprint density at radius 1 is 1.13 bits per heavy atom. The van der Waals surface area contributed by atoms with Crippen molar-refractivity contribution in [1.29, 1.82) is 0 Å². The lowest BCUT2D eigenvalue weighted by molar-refractivity contribution is 0.321. The Hall–Kier alpha value is -2.09. The van der Waals surface area contributed by atoms with Gasteiger partial charge in [-0.2, -0.15) is 0 Å². The molecule has 2 unspecified atom stereocenters. The lowest BCUT2D eigenvalue weighted by Gasteiger charge is -2.32. The van der Waals surface area contributed by atoms with Gasteiger partial charge in [0.15, 0.2) is 0 Å². The van der Waals surface area contributed by atoms with E-state index in [4.69, 9.17) is 15.2 Å². The van der Waals surface area contributed by atoms with Crippen LogP contribution in [0.4, 0.5) is 0 Å². The molecule has 0 fully saturated rings. The Bertz CT molecular complexity index is 929. The van der Waals surface area contributed by atoms with Crippen LogP contribution in [0.1, 0.15) is 42.4 Å². The van der Waals surface area contributed by atoms with Crippen LogP contribution in [0.15, 0.2) is 42.5 Å². The van der Waals surface area contributed by atoms with Crippen molar-refractivity contribution in [3.8, 4) is 11.5 Å². The molecule has 2 atom stereocenters. The minimum Gasteiger partial charge on any atom is -0.497 e. The summed E-state index contributed by atoms with van der Waals surface area (Å²) >= 11 is 0. The summed E-state index contributed by atoms with van der Waals surface area (Å²) in [5, 5.41) is 0. The van der Waals surface area contributed by atoms with E-state index in [-0.39, 0.29) is 30.9 Å². The first-order chi connectivity index (χ1) is 14.4. The molecule has 0 aliphatic heterocycles. The van der Waals surface area contributed by atoms with Crippen LogP contribution in [-0.4, -0.2) is 40.5 Å². The number of hydrogen-bond donors (Lipinski definition) is 2. The SMILES string of the molecule is CCCS(=O)(=O)NCCOc1ccc2c(c1)C(Cc1ccc(OC)cc1)C(N)CC2. The second-order valence-electron chi connectivity index (χ2n) is 7.78. The van der Waals surface area contributed by atoms with Crippen LogP contribution >= 0.6 is 0 Å². The number of sulfonamides is 1. The number of nitrogens with two attached hydrogens (primary N) is 1. The number of fused-ring (bicyclic) bond motifs is 1. The molecule has 3 N–H and O–H groups in total. The van der Waals surface area contributed by atoms with Crippen molar-refractivity contribution in [2.45, 2.75) is 44.6 Å². The van der Waals surface area contributed by atoms with Gasteiger partial charge in [0, 0.05) is 18.5 Å². The summed E-state index contributed by atoms with van der Waals surface area (Å²) in [5.41, 5.74) is 10.3. The van der Waals surface area contributed by atoms with E-state index in [1.807, 2.05) is 25.1 Å². The summed E-state index contributed by atoms with van der Waals surface area (Å²) in [6.07, 6.45) is 3.38. The fraction of sp³-hybridized carbons (Fsp3) is 0.478. The number of ether oxygens (including phenoxy) is 2. The third-order valence-corrected chi connectivity index (χ3v) is 7.15. The Kier molecular flexibility index (Phi) is 7.75. The van der Waals surface area contributed by atoms with E-state index in [1.54, 1.807) is 7.11 Å². The lowest BCUT2D eigenvalue weighted by atomic mass is 9.76. The number of hydrogen-bond acceptors (Lipinski definition) is 5. The number of rotatable bonds is 10. The number of nitrogens with one attached hydrogen (secondary N) is 1. The van der Waals surface area contributed by atoms with Crippen LogP contribution in [0.25, 0.3) is 0 Å². The smallest absolute Gasteiger partial charge is 0.211 e. The molecule has 6 nitrogen and oxygen atoms in total. The normalized spacial score (nSPS) is 18.6. The van der Waals surface area contributed by atoms with E-state index < -0.39 is 10.0 Å². The first-order valence-corrected chi connectivity index (χ1v) is 12.2. The van der Waals surface area contributed by atoms with Gasteiger partial charge in [-0.05, 0) is 66.6 Å². The van der Waals surface area contributed by atoms with E-state index in [0.29, 0.717) is 6.42 Å². The van der Waals surface area contributed by atoms with Crippen molar-refractivity contribution >= 4 is 10.0 Å². The van der Waals surface area contributed by atoms with Gasteiger partial charge in [-0.15, -0.1) is 0 Å². The van der Waals surface area contributed by atoms with Gasteiger partial charge in [0.05, 0.1) is 12.9 Å². The Labute approximate surface area is 179 Å². The first-order valence-electron chi connectivity index (χ1n) is 10.5. The van der Waals surface area contributed by atoms with E-state index in [1.165, 1.54) is 16.7 Å². The third kappa shape index (κ3) is 5.97. The quantitative estimate of drug-likeness (QED) is 0.563. The summed E-state index contributed by atoms with van der Waals surface area (Å²) in [6.45, 7) is 2.39. The van der Waals surface area contributed by atoms with Crippen molar-refractivity contribution in [1.82, 2.24) is 4.72 Å². The van der Waals surface area contributed by atoms with Gasteiger partial charge < -0.3 is 15.2 Å². The monoisotopic (exact) mass is 432 g/mol. The zero-order valence-electron chi connectivity index (χ0n) is 17.8. The Balaban J connectivity index is 1.67. The van der Waals surface area contributed by atoms with Crippen LogP contribution in [0.2, 0.25) is 0 Å². The maximum absolute atomic E-state index is 11.7. The molecule has 2 aromatic rings. The second kappa shape index (κ2) is 10.3. The molecular weight excluding hydrogens is 400 g/mol. The van der Waals surface area contributed by atoms with Crippen LogP contribution in [-0.2, 0) is 22.9 Å².